The van der Waals surface area contributed by atoms with E-state index in [1.54, 1.807) is 10.9 Å². The summed E-state index contributed by atoms with van der Waals surface area (Å²) in [5, 5.41) is 6.90. The first-order valence-electron chi connectivity index (χ1n) is 5.98. The van der Waals surface area contributed by atoms with Crippen molar-refractivity contribution in [3.8, 4) is 0 Å². The third kappa shape index (κ3) is 3.77. The van der Waals surface area contributed by atoms with Crippen LogP contribution in [0.4, 0.5) is 0 Å². The minimum absolute atomic E-state index is 0.00886. The molecule has 0 saturated carbocycles. The number of nitrogens with zero attached hydrogens (tertiary/aromatic N) is 3. The van der Waals surface area contributed by atoms with E-state index in [1.807, 2.05) is 19.2 Å². The maximum Gasteiger partial charge on any atom is 0.271 e. The highest BCUT2D eigenvalue weighted by Crippen LogP contribution is 1.97. The SMILES string of the molecule is CC(CCn1cccn1)NC(=O)c1c[nH]c(=O)cn1. The molecule has 2 N–H and O–H groups in total. The van der Waals surface area contributed by atoms with Gasteiger partial charge in [0, 0.05) is 31.2 Å². The highest BCUT2D eigenvalue weighted by atomic mass is 16.2. The van der Waals surface area contributed by atoms with Crippen molar-refractivity contribution in [1.82, 2.24) is 25.1 Å². The molecule has 7 nitrogen and oxygen atoms in total. The first-order valence-corrected chi connectivity index (χ1v) is 5.98. The van der Waals surface area contributed by atoms with Crippen LogP contribution in [0.15, 0.2) is 35.6 Å². The Morgan fingerprint density at radius 1 is 1.58 bits per heavy atom. The van der Waals surface area contributed by atoms with E-state index in [1.165, 1.54) is 6.20 Å². The standard InChI is InChI=1S/C12H15N5O2/c1-9(3-6-17-5-2-4-15-17)16-12(19)10-7-14-11(18)8-13-10/h2,4-5,7-9H,3,6H2,1H3,(H,14,18)(H,16,19). The van der Waals surface area contributed by atoms with E-state index in [-0.39, 0.29) is 23.2 Å². The first kappa shape index (κ1) is 13.0. The average Bonchev–Trinajstić information content (AvgIpc) is 2.90. The molecule has 2 heterocycles. The van der Waals surface area contributed by atoms with E-state index in [0.29, 0.717) is 0 Å². The highest BCUT2D eigenvalue weighted by Gasteiger charge is 2.11. The van der Waals surface area contributed by atoms with Crippen molar-refractivity contribution in [3.05, 3.63) is 46.9 Å². The van der Waals surface area contributed by atoms with E-state index in [2.05, 4.69) is 20.4 Å². The lowest BCUT2D eigenvalue weighted by molar-refractivity contribution is 0.0932. The van der Waals surface area contributed by atoms with Crippen LogP contribution in [0.2, 0.25) is 0 Å². The summed E-state index contributed by atoms with van der Waals surface area (Å²) in [6.45, 7) is 2.64. The molecule has 0 aliphatic heterocycles. The molecule has 1 unspecified atom stereocenters. The molecule has 19 heavy (non-hydrogen) atoms. The van der Waals surface area contributed by atoms with Crippen molar-refractivity contribution in [3.63, 3.8) is 0 Å². The number of aromatic amines is 1. The van der Waals surface area contributed by atoms with E-state index in [4.69, 9.17) is 0 Å². The van der Waals surface area contributed by atoms with E-state index in [0.717, 1.165) is 19.2 Å². The minimum atomic E-state index is -0.330. The summed E-state index contributed by atoms with van der Waals surface area (Å²) in [4.78, 5) is 28.8. The number of hydrogen-bond acceptors (Lipinski definition) is 4. The number of aryl methyl sites for hydroxylation is 1. The summed E-state index contributed by atoms with van der Waals surface area (Å²) in [6, 6.07) is 1.85. The summed E-state index contributed by atoms with van der Waals surface area (Å²) in [5.74, 6) is -0.302. The second-order valence-electron chi connectivity index (χ2n) is 4.23. The predicted octanol–water partition coefficient (Wildman–Crippen LogP) is 0.175. The summed E-state index contributed by atoms with van der Waals surface area (Å²) in [5.41, 5.74) is -0.131. The van der Waals surface area contributed by atoms with Crippen molar-refractivity contribution < 1.29 is 4.79 Å². The van der Waals surface area contributed by atoms with Gasteiger partial charge < -0.3 is 10.3 Å². The molecule has 0 aromatic carbocycles. The molecule has 100 valence electrons. The molecule has 0 fully saturated rings. The van der Waals surface area contributed by atoms with Gasteiger partial charge >= 0.3 is 0 Å². The Balaban J connectivity index is 1.84. The van der Waals surface area contributed by atoms with Crippen molar-refractivity contribution in [2.75, 3.05) is 0 Å². The van der Waals surface area contributed by atoms with Crippen LogP contribution in [0.25, 0.3) is 0 Å². The summed E-state index contributed by atoms with van der Waals surface area (Å²) in [7, 11) is 0. The third-order valence-corrected chi connectivity index (χ3v) is 2.63. The number of H-pyrrole nitrogens is 1. The lowest BCUT2D eigenvalue weighted by Gasteiger charge is -2.13. The zero-order valence-corrected chi connectivity index (χ0v) is 10.5. The number of nitrogens with one attached hydrogen (secondary N) is 2. The van der Waals surface area contributed by atoms with Crippen LogP contribution in [0, 0.1) is 0 Å². The van der Waals surface area contributed by atoms with Crippen LogP contribution in [-0.2, 0) is 6.54 Å². The summed E-state index contributed by atoms with van der Waals surface area (Å²) in [6.07, 6.45) is 6.74. The Labute approximate surface area is 109 Å². The van der Waals surface area contributed by atoms with Gasteiger partial charge in [-0.1, -0.05) is 0 Å². The van der Waals surface area contributed by atoms with Crippen molar-refractivity contribution in [1.29, 1.82) is 0 Å². The van der Waals surface area contributed by atoms with Gasteiger partial charge in [-0.3, -0.25) is 14.3 Å². The third-order valence-electron chi connectivity index (χ3n) is 2.63. The molecule has 2 aromatic rings. The number of aromatic nitrogens is 4. The Bertz CT molecular complexity index is 570. The second-order valence-corrected chi connectivity index (χ2v) is 4.23. The molecule has 0 spiro atoms. The number of rotatable bonds is 5. The second kappa shape index (κ2) is 5.94. The highest BCUT2D eigenvalue weighted by molar-refractivity contribution is 5.92. The lowest BCUT2D eigenvalue weighted by atomic mass is 10.2. The van der Waals surface area contributed by atoms with Gasteiger partial charge in [0.15, 0.2) is 0 Å². The zero-order chi connectivity index (χ0) is 13.7. The first-order chi connectivity index (χ1) is 9.15. The molecule has 7 heteroatoms. The van der Waals surface area contributed by atoms with Crippen molar-refractivity contribution in [2.24, 2.45) is 0 Å². The zero-order valence-electron chi connectivity index (χ0n) is 10.5. The van der Waals surface area contributed by atoms with Gasteiger partial charge in [-0.2, -0.15) is 5.10 Å². The number of carbonyl (C=O) groups is 1. The lowest BCUT2D eigenvalue weighted by Crippen LogP contribution is -2.34. The molecule has 1 atom stereocenters. The largest absolute Gasteiger partial charge is 0.348 e. The maximum atomic E-state index is 11.8. The molecule has 0 aliphatic rings. The molecule has 0 aliphatic carbocycles. The minimum Gasteiger partial charge on any atom is -0.348 e. The Kier molecular flexibility index (Phi) is 4.07. The molecule has 0 bridgehead atoms. The maximum absolute atomic E-state index is 11.8. The smallest absolute Gasteiger partial charge is 0.271 e. The fourth-order valence-corrected chi connectivity index (χ4v) is 1.59. The predicted molar refractivity (Wildman–Crippen MR) is 68.6 cm³/mol. The number of hydrogen-bond donors (Lipinski definition) is 2. The van der Waals surface area contributed by atoms with Crippen LogP contribution < -0.4 is 10.9 Å². The molecular weight excluding hydrogens is 246 g/mol. The van der Waals surface area contributed by atoms with Gasteiger partial charge in [0.05, 0.1) is 6.20 Å². The van der Waals surface area contributed by atoms with Crippen molar-refractivity contribution in [2.45, 2.75) is 25.9 Å². The molecular formula is C12H15N5O2. The van der Waals surface area contributed by atoms with Gasteiger partial charge in [-0.05, 0) is 19.4 Å². The van der Waals surface area contributed by atoms with E-state index < -0.39 is 0 Å². The Morgan fingerprint density at radius 3 is 3.05 bits per heavy atom. The molecule has 2 aromatic heterocycles. The van der Waals surface area contributed by atoms with Crippen LogP contribution >= 0.6 is 0 Å². The quantitative estimate of drug-likeness (QED) is 0.802. The molecule has 0 saturated heterocycles. The fraction of sp³-hybridized carbons (Fsp3) is 0.333. The normalized spacial score (nSPS) is 12.1. The van der Waals surface area contributed by atoms with Crippen LogP contribution in [0.5, 0.6) is 0 Å². The van der Waals surface area contributed by atoms with Gasteiger partial charge in [0.25, 0.3) is 11.5 Å². The summed E-state index contributed by atoms with van der Waals surface area (Å²) >= 11 is 0. The van der Waals surface area contributed by atoms with E-state index in [9.17, 15) is 9.59 Å². The van der Waals surface area contributed by atoms with Gasteiger partial charge in [-0.25, -0.2) is 4.98 Å². The average molecular weight is 261 g/mol. The monoisotopic (exact) mass is 261 g/mol. The Hall–Kier alpha value is -2.44. The molecule has 2 rings (SSSR count). The van der Waals surface area contributed by atoms with Crippen molar-refractivity contribution >= 4 is 5.91 Å². The van der Waals surface area contributed by atoms with Crippen LogP contribution in [-0.4, -0.2) is 31.7 Å². The summed E-state index contributed by atoms with van der Waals surface area (Å²) < 4.78 is 1.81. The number of carbonyl (C=O) groups excluding carboxylic acids is 1. The topological polar surface area (TPSA) is 92.7 Å². The van der Waals surface area contributed by atoms with Crippen LogP contribution in [0.3, 0.4) is 0 Å². The Morgan fingerprint density at radius 2 is 2.42 bits per heavy atom. The fourth-order valence-electron chi connectivity index (χ4n) is 1.59. The molecule has 1 amide bonds. The van der Waals surface area contributed by atoms with Gasteiger partial charge in [0.1, 0.15) is 5.69 Å². The van der Waals surface area contributed by atoms with E-state index >= 15 is 0 Å². The van der Waals surface area contributed by atoms with Gasteiger partial charge in [-0.15, -0.1) is 0 Å². The molecule has 0 radical (unpaired) electrons. The van der Waals surface area contributed by atoms with Crippen LogP contribution in [0.1, 0.15) is 23.8 Å². The number of amides is 1. The van der Waals surface area contributed by atoms with Gasteiger partial charge in [0.2, 0.25) is 0 Å².